The van der Waals surface area contributed by atoms with Crippen molar-refractivity contribution in [1.82, 2.24) is 0 Å². The van der Waals surface area contributed by atoms with Crippen LogP contribution in [0.1, 0.15) is 52.5 Å². The lowest BCUT2D eigenvalue weighted by atomic mass is 10.0. The van der Waals surface area contributed by atoms with E-state index in [9.17, 15) is 4.79 Å². The number of carboxylic acid groups (broad SMARTS) is 1. The molecule has 3 N–H and O–H groups in total. The van der Waals surface area contributed by atoms with Crippen LogP contribution in [0.2, 0.25) is 0 Å². The number of rotatable bonds is 5. The highest BCUT2D eigenvalue weighted by atomic mass is 16.5. The Morgan fingerprint density at radius 3 is 2.23 bits per heavy atom. The minimum Gasteiger partial charge on any atom is -0.481 e. The second-order valence-electron chi connectivity index (χ2n) is 6.62. The van der Waals surface area contributed by atoms with Gasteiger partial charge in [0, 0.05) is 0 Å². The van der Waals surface area contributed by atoms with Crippen molar-refractivity contribution in [3.8, 4) is 0 Å². The van der Waals surface area contributed by atoms with E-state index in [1.54, 1.807) is 0 Å². The van der Waals surface area contributed by atoms with Crippen molar-refractivity contribution < 1.29 is 14.6 Å². The fraction of sp³-hybridized carbons (Fsp3) is 0.529. The van der Waals surface area contributed by atoms with Crippen molar-refractivity contribution in [1.29, 1.82) is 0 Å². The molecule has 0 radical (unpaired) electrons. The van der Waals surface area contributed by atoms with Crippen LogP contribution in [-0.2, 0) is 9.53 Å². The number of ether oxygens (including phenoxy) is 1. The van der Waals surface area contributed by atoms with E-state index in [0.717, 1.165) is 0 Å². The highest BCUT2D eigenvalue weighted by Gasteiger charge is 2.22. The predicted molar refractivity (Wildman–Crippen MR) is 88.7 cm³/mol. The summed E-state index contributed by atoms with van der Waals surface area (Å²) >= 11 is 0. The van der Waals surface area contributed by atoms with Gasteiger partial charge in [0.1, 0.15) is 5.60 Å². The Morgan fingerprint density at radius 2 is 1.82 bits per heavy atom. The zero-order chi connectivity index (χ0) is 16.9. The Morgan fingerprint density at radius 1 is 1.27 bits per heavy atom. The molecule has 0 heterocycles. The molecule has 0 unspecified atom stereocenters. The molecule has 1 aromatic carbocycles. The van der Waals surface area contributed by atoms with Gasteiger partial charge in [0.2, 0.25) is 5.90 Å². The van der Waals surface area contributed by atoms with E-state index >= 15 is 0 Å². The van der Waals surface area contributed by atoms with Crippen molar-refractivity contribution in [2.45, 2.75) is 58.6 Å². The molecule has 0 saturated heterocycles. The Bertz CT molecular complexity index is 528. The molecule has 1 rings (SSSR count). The number of aliphatic carboxylic acids is 1. The number of benzene rings is 1. The maximum absolute atomic E-state index is 10.9. The second-order valence-corrected chi connectivity index (χ2v) is 6.62. The number of carbonyl (C=O) groups is 1. The molecule has 5 nitrogen and oxygen atoms in total. The van der Waals surface area contributed by atoms with E-state index < -0.39 is 17.6 Å². The summed E-state index contributed by atoms with van der Waals surface area (Å²) in [5.74, 6) is -0.294. The number of hydrogen-bond acceptors (Lipinski definition) is 4. The summed E-state index contributed by atoms with van der Waals surface area (Å²) < 4.78 is 5.74. The van der Waals surface area contributed by atoms with E-state index in [1.165, 1.54) is 5.56 Å². The van der Waals surface area contributed by atoms with Crippen LogP contribution < -0.4 is 5.73 Å². The van der Waals surface area contributed by atoms with Crippen molar-refractivity contribution in [2.75, 3.05) is 0 Å². The van der Waals surface area contributed by atoms with Crippen molar-refractivity contribution in [3.63, 3.8) is 0 Å². The molecule has 1 aromatic rings. The molecule has 0 saturated carbocycles. The largest absolute Gasteiger partial charge is 0.481 e. The molecule has 22 heavy (non-hydrogen) atoms. The van der Waals surface area contributed by atoms with Gasteiger partial charge in [-0.1, -0.05) is 26.0 Å². The topological polar surface area (TPSA) is 84.9 Å². The monoisotopic (exact) mass is 306 g/mol. The maximum atomic E-state index is 10.9. The SMILES string of the molecule is CC(C)c1ccc(N=C(OC(C)(C)C)[C@@H](N)CC(=O)O)cc1. The van der Waals surface area contributed by atoms with Crippen LogP contribution >= 0.6 is 0 Å². The smallest absolute Gasteiger partial charge is 0.305 e. The van der Waals surface area contributed by atoms with Gasteiger partial charge in [-0.2, -0.15) is 0 Å². The molecular formula is C17H26N2O3. The Hall–Kier alpha value is -1.88. The number of nitrogens with two attached hydrogens (primary N) is 1. The first-order valence-corrected chi connectivity index (χ1v) is 7.43. The first-order chi connectivity index (χ1) is 10.1. The Balaban J connectivity index is 3.05. The van der Waals surface area contributed by atoms with Gasteiger partial charge in [-0.25, -0.2) is 4.99 Å². The van der Waals surface area contributed by atoms with Crippen LogP contribution in [0.4, 0.5) is 5.69 Å². The van der Waals surface area contributed by atoms with Gasteiger partial charge in [-0.05, 0) is 44.4 Å². The van der Waals surface area contributed by atoms with Gasteiger partial charge in [0.15, 0.2) is 0 Å². The van der Waals surface area contributed by atoms with Gasteiger partial charge in [-0.15, -0.1) is 0 Å². The van der Waals surface area contributed by atoms with Crippen LogP contribution in [0.5, 0.6) is 0 Å². The number of nitrogens with zero attached hydrogens (tertiary/aromatic N) is 1. The maximum Gasteiger partial charge on any atom is 0.305 e. The van der Waals surface area contributed by atoms with Crippen LogP contribution in [0.15, 0.2) is 29.3 Å². The number of carboxylic acids is 1. The van der Waals surface area contributed by atoms with Gasteiger partial charge in [0.05, 0.1) is 18.2 Å². The molecule has 0 amide bonds. The average Bonchev–Trinajstić information content (AvgIpc) is 2.36. The Labute approximate surface area is 132 Å². The highest BCUT2D eigenvalue weighted by molar-refractivity contribution is 5.88. The van der Waals surface area contributed by atoms with Gasteiger partial charge < -0.3 is 15.6 Å². The lowest BCUT2D eigenvalue weighted by Crippen LogP contribution is -2.39. The van der Waals surface area contributed by atoms with Gasteiger partial charge in [-0.3, -0.25) is 4.79 Å². The summed E-state index contributed by atoms with van der Waals surface area (Å²) in [6.45, 7) is 9.86. The minimum atomic E-state index is -0.979. The molecule has 0 fully saturated rings. The first kappa shape index (κ1) is 18.2. The van der Waals surface area contributed by atoms with E-state index in [4.69, 9.17) is 15.6 Å². The molecule has 0 aromatic heterocycles. The second kappa shape index (κ2) is 7.40. The zero-order valence-corrected chi connectivity index (χ0v) is 14.0. The van der Waals surface area contributed by atoms with Gasteiger partial charge in [0.25, 0.3) is 0 Å². The quantitative estimate of drug-likeness (QED) is 0.644. The molecular weight excluding hydrogens is 280 g/mol. The molecule has 1 atom stereocenters. The number of hydrogen-bond donors (Lipinski definition) is 2. The minimum absolute atomic E-state index is 0.223. The van der Waals surface area contributed by atoms with Crippen molar-refractivity contribution in [2.24, 2.45) is 10.7 Å². The normalized spacial score (nSPS) is 14.0. The highest BCUT2D eigenvalue weighted by Crippen LogP contribution is 2.21. The standard InChI is InChI=1S/C17H26N2O3/c1-11(2)12-6-8-13(9-7-12)19-16(22-17(3,4)5)14(18)10-15(20)21/h6-9,11,14H,10,18H2,1-5H3,(H,20,21)/t14-/m0/s1. The summed E-state index contributed by atoms with van der Waals surface area (Å²) in [6, 6.07) is 6.99. The molecule has 0 bridgehead atoms. The summed E-state index contributed by atoms with van der Waals surface area (Å²) in [5.41, 5.74) is 7.34. The molecule has 5 heteroatoms. The molecule has 0 aliphatic rings. The zero-order valence-electron chi connectivity index (χ0n) is 14.0. The summed E-state index contributed by atoms with van der Waals surface area (Å²) in [6.07, 6.45) is -0.223. The molecule has 0 aliphatic heterocycles. The fourth-order valence-corrected chi connectivity index (χ4v) is 1.83. The van der Waals surface area contributed by atoms with Crippen LogP contribution in [0, 0.1) is 0 Å². The van der Waals surface area contributed by atoms with Crippen LogP contribution in [-0.4, -0.2) is 28.6 Å². The molecule has 122 valence electrons. The van der Waals surface area contributed by atoms with Crippen LogP contribution in [0.3, 0.4) is 0 Å². The predicted octanol–water partition coefficient (Wildman–Crippen LogP) is 3.46. The molecule has 0 spiro atoms. The van der Waals surface area contributed by atoms with E-state index in [2.05, 4.69) is 18.8 Å². The number of aliphatic imine (C=N–C) groups is 1. The third-order valence-corrected chi connectivity index (χ3v) is 2.92. The first-order valence-electron chi connectivity index (χ1n) is 7.43. The van der Waals surface area contributed by atoms with Crippen molar-refractivity contribution >= 4 is 17.6 Å². The van der Waals surface area contributed by atoms with Gasteiger partial charge >= 0.3 is 5.97 Å². The summed E-state index contributed by atoms with van der Waals surface area (Å²) in [5, 5.41) is 8.90. The summed E-state index contributed by atoms with van der Waals surface area (Å²) in [7, 11) is 0. The summed E-state index contributed by atoms with van der Waals surface area (Å²) in [4.78, 5) is 15.3. The Kier molecular flexibility index (Phi) is 6.11. The third-order valence-electron chi connectivity index (χ3n) is 2.92. The van der Waals surface area contributed by atoms with Crippen molar-refractivity contribution in [3.05, 3.63) is 29.8 Å². The fourth-order valence-electron chi connectivity index (χ4n) is 1.83. The van der Waals surface area contributed by atoms with E-state index in [0.29, 0.717) is 11.6 Å². The van der Waals surface area contributed by atoms with E-state index in [1.807, 2.05) is 45.0 Å². The van der Waals surface area contributed by atoms with E-state index in [-0.39, 0.29) is 12.3 Å². The lowest BCUT2D eigenvalue weighted by Gasteiger charge is -2.25. The lowest BCUT2D eigenvalue weighted by molar-refractivity contribution is -0.137. The molecule has 0 aliphatic carbocycles. The van der Waals surface area contributed by atoms with Crippen LogP contribution in [0.25, 0.3) is 0 Å². The third kappa shape index (κ3) is 6.26. The average molecular weight is 306 g/mol.